The summed E-state index contributed by atoms with van der Waals surface area (Å²) in [7, 11) is -3.31. The minimum Gasteiger partial charge on any atom is -1.00 e. The molecule has 2 rings (SSSR count). The summed E-state index contributed by atoms with van der Waals surface area (Å²) in [5, 5.41) is 21.9. The molecule has 0 bridgehead atoms. The molecule has 0 saturated heterocycles. The fourth-order valence-corrected chi connectivity index (χ4v) is 9.32. The molecule has 0 heterocycles. The third-order valence-electron chi connectivity index (χ3n) is 5.89. The van der Waals surface area contributed by atoms with Gasteiger partial charge in [0, 0.05) is 13.2 Å². The number of aliphatic hydroxyl groups is 2. The first-order valence-corrected chi connectivity index (χ1v) is 15.9. The van der Waals surface area contributed by atoms with Crippen LogP contribution < -0.4 is 24.8 Å². The monoisotopic (exact) mass is 534 g/mol. The molecule has 0 unspecified atom stereocenters. The van der Waals surface area contributed by atoms with Crippen molar-refractivity contribution >= 4 is 16.1 Å². The van der Waals surface area contributed by atoms with Crippen LogP contribution in [0.4, 0.5) is 0 Å². The summed E-state index contributed by atoms with van der Waals surface area (Å²) in [4.78, 5) is 0. The minimum absolute atomic E-state index is 0. The van der Waals surface area contributed by atoms with Gasteiger partial charge in [0.25, 0.3) is 0 Å². The molecular formula is C21H34Cl2O2Si2Zr. The zero-order chi connectivity index (χ0) is 18.9. The van der Waals surface area contributed by atoms with Gasteiger partial charge in [-0.2, -0.15) is 22.5 Å². The average Bonchev–Trinajstić information content (AvgIpc) is 3.17. The van der Waals surface area contributed by atoms with Crippen molar-refractivity contribution in [2.45, 2.75) is 65.0 Å². The zero-order valence-electron chi connectivity index (χ0n) is 18.0. The van der Waals surface area contributed by atoms with E-state index in [1.165, 1.54) is 21.5 Å². The van der Waals surface area contributed by atoms with Crippen LogP contribution >= 0.6 is 0 Å². The molecule has 2 N–H and O–H groups in total. The van der Waals surface area contributed by atoms with Crippen molar-refractivity contribution in [2.75, 3.05) is 13.2 Å². The molecule has 0 aliphatic heterocycles. The van der Waals surface area contributed by atoms with Crippen LogP contribution in [0, 0.1) is 17.6 Å². The standard InChI is InChI=1S/C21H34O2Si2.2ClH.Zr/c1-21(2,17-9-7-11-19(17)24(3,4)15-13-22)18-10-8-12-20(18)25(5,6)16-14-23;;;/h11-12,22-23H,7-8,13-16H2,1-6H3;2*1H;/q-2;;;+4/p-2. The van der Waals surface area contributed by atoms with E-state index in [0.717, 1.165) is 24.9 Å². The van der Waals surface area contributed by atoms with E-state index in [4.69, 9.17) is 0 Å². The van der Waals surface area contributed by atoms with Gasteiger partial charge in [-0.15, -0.1) is 12.8 Å². The molecule has 2 aliphatic carbocycles. The van der Waals surface area contributed by atoms with Gasteiger partial charge in [0.15, 0.2) is 0 Å². The van der Waals surface area contributed by atoms with E-state index >= 15 is 0 Å². The fraction of sp³-hybridized carbons (Fsp3) is 0.619. The minimum atomic E-state index is -1.65. The molecular weight excluding hydrogens is 503 g/mol. The summed E-state index contributed by atoms with van der Waals surface area (Å²) < 4.78 is 0. The summed E-state index contributed by atoms with van der Waals surface area (Å²) >= 11 is 0. The van der Waals surface area contributed by atoms with Crippen molar-refractivity contribution in [3.05, 3.63) is 45.8 Å². The first-order chi connectivity index (χ1) is 11.6. The molecule has 0 spiro atoms. The Morgan fingerprint density at radius 2 is 1.14 bits per heavy atom. The van der Waals surface area contributed by atoms with E-state index in [9.17, 15) is 10.2 Å². The maximum Gasteiger partial charge on any atom is 4.00 e. The second-order valence-electron chi connectivity index (χ2n) is 9.09. The number of rotatable bonds is 8. The Morgan fingerprint density at radius 3 is 1.43 bits per heavy atom. The molecule has 0 amide bonds. The van der Waals surface area contributed by atoms with Crippen molar-refractivity contribution in [1.82, 2.24) is 0 Å². The van der Waals surface area contributed by atoms with Gasteiger partial charge in [-0.1, -0.05) is 45.5 Å². The number of aliphatic hydroxyl groups excluding tert-OH is 2. The molecule has 0 saturated carbocycles. The van der Waals surface area contributed by atoms with E-state index in [0.29, 0.717) is 0 Å². The zero-order valence-corrected chi connectivity index (χ0v) is 24.0. The molecule has 28 heavy (non-hydrogen) atoms. The SMILES string of the molecule is CC(C)(C1=[C-]CC=C1[Si](C)(C)CCO)C1=[C-]CC=C1[Si](C)(C)CCO.[Cl-].[Cl-].[Zr+4]. The van der Waals surface area contributed by atoms with Crippen LogP contribution in [0.1, 0.15) is 26.7 Å². The van der Waals surface area contributed by atoms with Crippen LogP contribution in [0.3, 0.4) is 0 Å². The quantitative estimate of drug-likeness (QED) is 0.297. The van der Waals surface area contributed by atoms with Gasteiger partial charge in [0.2, 0.25) is 0 Å². The third kappa shape index (κ3) is 6.39. The Balaban J connectivity index is 0. The molecule has 0 aromatic rings. The van der Waals surface area contributed by atoms with Crippen LogP contribution in [0.25, 0.3) is 0 Å². The number of hydrogen-bond donors (Lipinski definition) is 2. The van der Waals surface area contributed by atoms with Gasteiger partial charge in [-0.05, 0) is 28.2 Å². The predicted molar refractivity (Wildman–Crippen MR) is 111 cm³/mol. The molecule has 0 atom stereocenters. The van der Waals surface area contributed by atoms with Crippen LogP contribution in [0.2, 0.25) is 38.3 Å². The number of halogens is 2. The van der Waals surface area contributed by atoms with Crippen molar-refractivity contribution in [3.63, 3.8) is 0 Å². The van der Waals surface area contributed by atoms with Gasteiger partial charge in [0.05, 0.1) is 0 Å². The fourth-order valence-electron chi connectivity index (χ4n) is 4.20. The van der Waals surface area contributed by atoms with Gasteiger partial charge in [0.1, 0.15) is 0 Å². The van der Waals surface area contributed by atoms with Gasteiger partial charge < -0.3 is 35.0 Å². The van der Waals surface area contributed by atoms with E-state index in [1.807, 2.05) is 0 Å². The molecule has 156 valence electrons. The largest absolute Gasteiger partial charge is 4.00 e. The van der Waals surface area contributed by atoms with Crippen LogP contribution in [-0.4, -0.2) is 39.6 Å². The summed E-state index contributed by atoms with van der Waals surface area (Å²) in [5.74, 6) is 0. The Kier molecular flexibility index (Phi) is 13.2. The summed E-state index contributed by atoms with van der Waals surface area (Å²) in [5.41, 5.74) is 2.56. The topological polar surface area (TPSA) is 40.5 Å². The summed E-state index contributed by atoms with van der Waals surface area (Å²) in [6.07, 6.45) is 13.8. The van der Waals surface area contributed by atoms with Gasteiger partial charge in [-0.25, -0.2) is 11.1 Å². The first kappa shape index (κ1) is 31.0. The second-order valence-corrected chi connectivity index (χ2v) is 18.7. The van der Waals surface area contributed by atoms with Crippen molar-refractivity contribution in [2.24, 2.45) is 5.41 Å². The van der Waals surface area contributed by atoms with Gasteiger partial charge >= 0.3 is 26.2 Å². The van der Waals surface area contributed by atoms with Crippen molar-refractivity contribution in [1.29, 1.82) is 0 Å². The summed E-state index contributed by atoms with van der Waals surface area (Å²) in [6, 6.07) is 1.80. The van der Waals surface area contributed by atoms with E-state index < -0.39 is 16.1 Å². The maximum atomic E-state index is 9.50. The molecule has 2 nitrogen and oxygen atoms in total. The smallest absolute Gasteiger partial charge is 1.00 e. The average molecular weight is 537 g/mol. The molecule has 0 radical (unpaired) electrons. The van der Waals surface area contributed by atoms with Crippen LogP contribution in [0.15, 0.2) is 33.7 Å². The Hall–Kier alpha value is 0.777. The first-order valence-electron chi connectivity index (χ1n) is 9.44. The predicted octanol–water partition coefficient (Wildman–Crippen LogP) is -1.38. The Morgan fingerprint density at radius 1 is 0.821 bits per heavy atom. The molecule has 0 aromatic carbocycles. The Bertz CT molecular complexity index is 597. The van der Waals surface area contributed by atoms with Gasteiger partial charge in [-0.3, -0.25) is 12.2 Å². The normalized spacial score (nSPS) is 16.9. The Labute approximate surface area is 205 Å². The van der Waals surface area contributed by atoms with Crippen LogP contribution in [-0.2, 0) is 26.2 Å². The number of hydrogen-bond acceptors (Lipinski definition) is 2. The maximum absolute atomic E-state index is 9.50. The molecule has 7 heteroatoms. The van der Waals surface area contributed by atoms with E-state index in [1.54, 1.807) is 0 Å². The second kappa shape index (κ2) is 12.0. The van der Waals surface area contributed by atoms with Crippen LogP contribution in [0.5, 0.6) is 0 Å². The van der Waals surface area contributed by atoms with Crippen molar-refractivity contribution < 1.29 is 61.2 Å². The van der Waals surface area contributed by atoms with Crippen molar-refractivity contribution in [3.8, 4) is 0 Å². The van der Waals surface area contributed by atoms with E-state index in [2.05, 4.69) is 64.3 Å². The van der Waals surface area contributed by atoms with E-state index in [-0.39, 0.29) is 69.6 Å². The molecule has 0 fully saturated rings. The third-order valence-corrected chi connectivity index (χ3v) is 12.7. The molecule has 2 aliphatic rings. The summed E-state index contributed by atoms with van der Waals surface area (Å²) in [6.45, 7) is 14.6. The number of allylic oxidation sites excluding steroid dienone is 8. The molecule has 0 aromatic heterocycles.